The van der Waals surface area contributed by atoms with Gasteiger partial charge in [-0.2, -0.15) is 15.5 Å². The van der Waals surface area contributed by atoms with Gasteiger partial charge >= 0.3 is 12.1 Å². The number of nitriles is 2. The Morgan fingerprint density at radius 1 is 0.939 bits per heavy atom. The molecule has 1 heterocycles. The summed E-state index contributed by atoms with van der Waals surface area (Å²) in [7, 11) is 0. The molecule has 0 saturated carbocycles. The number of hydrogen-bond donors (Lipinski definition) is 3. The minimum absolute atomic E-state index is 0.0648. The molecule has 0 spiro atoms. The maximum Gasteiger partial charge on any atom is 0.431 e. The predicted molar refractivity (Wildman–Crippen MR) is 112 cm³/mol. The number of amides is 1. The molecule has 3 aromatic rings. The van der Waals surface area contributed by atoms with E-state index >= 15 is 0 Å². The first kappa shape index (κ1) is 22.4. The Hall–Kier alpha value is -5.29. The summed E-state index contributed by atoms with van der Waals surface area (Å²) in [5.74, 6) is -0.549. The Morgan fingerprint density at radius 2 is 1.58 bits per heavy atom. The van der Waals surface area contributed by atoms with Gasteiger partial charge in [0.05, 0.1) is 23.3 Å². The fraction of sp³-hybridized carbons (Fsp3) is 0.0455. The summed E-state index contributed by atoms with van der Waals surface area (Å²) in [6.45, 7) is -0.627. The van der Waals surface area contributed by atoms with Crippen LogP contribution in [0.15, 0.2) is 60.7 Å². The first-order valence-electron chi connectivity index (χ1n) is 9.26. The lowest BCUT2D eigenvalue weighted by Crippen LogP contribution is -2.31. The number of aliphatic carboxylic acids is 1. The molecule has 0 aliphatic rings. The Balaban J connectivity index is 1.84. The van der Waals surface area contributed by atoms with Gasteiger partial charge in [-0.05, 0) is 42.5 Å². The van der Waals surface area contributed by atoms with Crippen LogP contribution in [0.3, 0.4) is 0 Å². The smallest absolute Gasteiger partial charge is 0.431 e. The van der Waals surface area contributed by atoms with Crippen molar-refractivity contribution in [3.8, 4) is 35.4 Å². The molecule has 3 N–H and O–H groups in total. The summed E-state index contributed by atoms with van der Waals surface area (Å²) in [4.78, 5) is 31.2. The van der Waals surface area contributed by atoms with Crippen molar-refractivity contribution < 1.29 is 29.0 Å². The zero-order valence-electron chi connectivity index (χ0n) is 16.8. The van der Waals surface area contributed by atoms with E-state index in [4.69, 9.17) is 29.9 Å². The molecule has 0 aliphatic heterocycles. The van der Waals surface area contributed by atoms with E-state index in [2.05, 4.69) is 10.5 Å². The average Bonchev–Trinajstić information content (AvgIpc) is 2.82. The number of carboxylic acids is 1. The number of carbonyl (C=O) groups is 2. The van der Waals surface area contributed by atoms with Crippen molar-refractivity contribution in [1.29, 1.82) is 10.5 Å². The molecule has 0 fully saturated rings. The van der Waals surface area contributed by atoms with Crippen molar-refractivity contribution in [1.82, 2.24) is 10.3 Å². The predicted octanol–water partition coefficient (Wildman–Crippen LogP) is 3.55. The van der Waals surface area contributed by atoms with E-state index in [1.807, 2.05) is 17.5 Å². The summed E-state index contributed by atoms with van der Waals surface area (Å²) in [6.07, 6.45) is -1.04. The minimum Gasteiger partial charge on any atom is -0.480 e. The van der Waals surface area contributed by atoms with Crippen LogP contribution in [0.4, 0.5) is 10.5 Å². The van der Waals surface area contributed by atoms with Crippen LogP contribution in [0, 0.1) is 22.7 Å². The molecule has 0 radical (unpaired) electrons. The number of carbonyl (C=O) groups excluding carboxylic acids is 1. The van der Waals surface area contributed by atoms with Crippen LogP contribution in [-0.2, 0) is 9.63 Å². The normalized spacial score (nSPS) is 9.64. The van der Waals surface area contributed by atoms with Crippen molar-refractivity contribution in [2.45, 2.75) is 0 Å². The van der Waals surface area contributed by atoms with Crippen LogP contribution < -0.4 is 20.3 Å². The highest BCUT2D eigenvalue weighted by Crippen LogP contribution is 2.32. The van der Waals surface area contributed by atoms with E-state index in [0.29, 0.717) is 16.9 Å². The summed E-state index contributed by atoms with van der Waals surface area (Å²) in [5.41, 5.74) is 3.20. The van der Waals surface area contributed by atoms with E-state index in [0.717, 1.165) is 0 Å². The molecule has 0 atom stereocenters. The number of aromatic nitrogens is 1. The maximum atomic E-state index is 11.6. The van der Waals surface area contributed by atoms with Gasteiger partial charge in [-0.15, -0.1) is 0 Å². The number of pyridine rings is 1. The van der Waals surface area contributed by atoms with Gasteiger partial charge in [0.25, 0.3) is 0 Å². The molecule has 11 nitrogen and oxygen atoms in total. The maximum absolute atomic E-state index is 11.6. The fourth-order valence-electron chi connectivity index (χ4n) is 2.41. The Morgan fingerprint density at radius 3 is 2.18 bits per heavy atom. The van der Waals surface area contributed by atoms with E-state index in [9.17, 15) is 9.59 Å². The van der Waals surface area contributed by atoms with Crippen LogP contribution >= 0.6 is 0 Å². The third-order valence-electron chi connectivity index (χ3n) is 3.84. The lowest BCUT2D eigenvalue weighted by atomic mass is 10.2. The molecule has 1 aromatic heterocycles. The lowest BCUT2D eigenvalue weighted by Gasteiger charge is -2.14. The van der Waals surface area contributed by atoms with Crippen molar-refractivity contribution >= 4 is 17.7 Å². The Bertz CT molecular complexity index is 1260. The summed E-state index contributed by atoms with van der Waals surface area (Å²) in [5, 5.41) is 28.8. The van der Waals surface area contributed by atoms with Gasteiger partial charge in [-0.25, -0.2) is 10.3 Å². The number of nitrogens with one attached hydrogen (secondary N) is 2. The number of rotatable bonds is 8. The summed E-state index contributed by atoms with van der Waals surface area (Å²) < 4.78 is 11.4. The summed E-state index contributed by atoms with van der Waals surface area (Å²) in [6, 6.07) is 19.6. The van der Waals surface area contributed by atoms with Crippen LogP contribution in [0.25, 0.3) is 0 Å². The number of benzene rings is 2. The topological polar surface area (TPSA) is 167 Å². The number of hydrogen-bond acceptors (Lipinski definition) is 9. The molecule has 3 rings (SSSR count). The van der Waals surface area contributed by atoms with Gasteiger partial charge in [-0.1, -0.05) is 12.1 Å². The summed E-state index contributed by atoms with van der Waals surface area (Å²) >= 11 is 0. The van der Waals surface area contributed by atoms with Crippen molar-refractivity contribution in [3.63, 3.8) is 0 Å². The zero-order chi connectivity index (χ0) is 23.6. The second-order valence-electron chi connectivity index (χ2n) is 6.22. The molecule has 33 heavy (non-hydrogen) atoms. The highest BCUT2D eigenvalue weighted by atomic mass is 16.7. The van der Waals surface area contributed by atoms with Gasteiger partial charge < -0.3 is 24.7 Å². The second kappa shape index (κ2) is 10.7. The van der Waals surface area contributed by atoms with E-state index in [-0.39, 0.29) is 23.2 Å². The molecule has 0 bridgehead atoms. The number of nitrogens with zero attached hydrogens (tertiary/aromatic N) is 3. The third kappa shape index (κ3) is 6.60. The van der Waals surface area contributed by atoms with Gasteiger partial charge in [0.1, 0.15) is 23.7 Å². The monoisotopic (exact) mass is 445 g/mol. The molecule has 1 amide bonds. The van der Waals surface area contributed by atoms with Crippen LogP contribution in [0.2, 0.25) is 0 Å². The molecular weight excluding hydrogens is 430 g/mol. The highest BCUT2D eigenvalue weighted by Gasteiger charge is 2.13. The van der Waals surface area contributed by atoms with Gasteiger partial charge in [-0.3, -0.25) is 4.79 Å². The lowest BCUT2D eigenvalue weighted by molar-refractivity contribution is -0.135. The van der Waals surface area contributed by atoms with Crippen molar-refractivity contribution in [2.24, 2.45) is 0 Å². The molecular formula is C22H15N5O6. The van der Waals surface area contributed by atoms with Crippen LogP contribution in [0.5, 0.6) is 23.3 Å². The number of anilines is 1. The number of ether oxygens (including phenoxy) is 2. The first-order chi connectivity index (χ1) is 16.0. The van der Waals surface area contributed by atoms with E-state index in [1.54, 1.807) is 36.4 Å². The van der Waals surface area contributed by atoms with Gasteiger partial charge in [0.2, 0.25) is 11.8 Å². The third-order valence-corrected chi connectivity index (χ3v) is 3.84. The van der Waals surface area contributed by atoms with Gasteiger partial charge in [0.15, 0.2) is 0 Å². The quantitative estimate of drug-likeness (QED) is 0.436. The Kier molecular flexibility index (Phi) is 7.23. The van der Waals surface area contributed by atoms with Crippen LogP contribution in [-0.4, -0.2) is 28.7 Å². The zero-order valence-corrected chi connectivity index (χ0v) is 16.8. The fourth-order valence-corrected chi connectivity index (χ4v) is 2.41. The van der Waals surface area contributed by atoms with Crippen molar-refractivity contribution in [3.05, 3.63) is 71.8 Å². The molecule has 0 saturated heterocycles. The molecule has 0 unspecified atom stereocenters. The van der Waals surface area contributed by atoms with Crippen LogP contribution in [0.1, 0.15) is 11.1 Å². The first-order valence-corrected chi connectivity index (χ1v) is 9.26. The van der Waals surface area contributed by atoms with Gasteiger partial charge in [0, 0.05) is 6.07 Å². The highest BCUT2D eigenvalue weighted by molar-refractivity contribution is 5.77. The number of carboxylic acid groups (broad SMARTS) is 1. The van der Waals surface area contributed by atoms with E-state index in [1.165, 1.54) is 24.3 Å². The van der Waals surface area contributed by atoms with E-state index < -0.39 is 18.6 Å². The molecule has 164 valence electrons. The molecule has 11 heteroatoms. The SMILES string of the molecule is N#Cc1cccc(Oc2ccc(NOC(=O)NCC(=O)O)c(Oc3cccc(C#N)c3)n2)c1. The average molecular weight is 445 g/mol. The molecule has 2 aromatic carbocycles. The second-order valence-corrected chi connectivity index (χ2v) is 6.22. The van der Waals surface area contributed by atoms with Crippen molar-refractivity contribution in [2.75, 3.05) is 12.0 Å². The Labute approximate surface area is 187 Å². The molecule has 0 aliphatic carbocycles. The largest absolute Gasteiger partial charge is 0.480 e. The minimum atomic E-state index is -1.24. The standard InChI is InChI=1S/C22H15N5O6/c23-11-14-3-1-5-16(9-14)31-19-8-7-18(27-33-22(30)25-13-20(28)29)21(26-19)32-17-6-2-4-15(10-17)12-24/h1-10,27H,13H2,(H,25,30)(H,28,29).